The molecule has 0 radical (unpaired) electrons. The standard InChI is InChI=1S/C21H23F3N8O3/c1-20(2)14(25)8-32(19(20)34)16-12(7-31(3)30-16)28-17(33)13-9-35-18(29-13)11-4-5-26-15(6-11)27-10-21(22,23)24/h4-7,9,14H,8,10,25H2,1-3H3,(H,26,27)(H,28,33). The number of amides is 2. The van der Waals surface area contributed by atoms with Crippen molar-refractivity contribution in [1.29, 1.82) is 0 Å². The van der Waals surface area contributed by atoms with Crippen molar-refractivity contribution >= 4 is 29.1 Å². The molecule has 4 heterocycles. The first kappa shape index (κ1) is 24.2. The molecule has 1 aliphatic heterocycles. The van der Waals surface area contributed by atoms with E-state index < -0.39 is 30.1 Å². The van der Waals surface area contributed by atoms with Gasteiger partial charge in [-0.25, -0.2) is 9.97 Å². The Morgan fingerprint density at radius 3 is 2.77 bits per heavy atom. The number of anilines is 3. The fourth-order valence-corrected chi connectivity index (χ4v) is 3.51. The van der Waals surface area contributed by atoms with E-state index in [1.54, 1.807) is 27.1 Å². The van der Waals surface area contributed by atoms with E-state index in [2.05, 4.69) is 25.7 Å². The van der Waals surface area contributed by atoms with Gasteiger partial charge in [0, 0.05) is 31.4 Å². The van der Waals surface area contributed by atoms with Crippen molar-refractivity contribution < 1.29 is 27.2 Å². The maximum atomic E-state index is 12.8. The summed E-state index contributed by atoms with van der Waals surface area (Å²) in [6.45, 7) is 2.49. The van der Waals surface area contributed by atoms with Crippen LogP contribution >= 0.6 is 0 Å². The number of nitrogens with one attached hydrogen (secondary N) is 2. The van der Waals surface area contributed by atoms with E-state index in [9.17, 15) is 22.8 Å². The molecule has 1 saturated heterocycles. The highest BCUT2D eigenvalue weighted by atomic mass is 19.4. The topological polar surface area (TPSA) is 144 Å². The molecule has 0 aromatic carbocycles. The summed E-state index contributed by atoms with van der Waals surface area (Å²) >= 11 is 0. The first-order chi connectivity index (χ1) is 16.3. The smallest absolute Gasteiger partial charge is 0.405 e. The van der Waals surface area contributed by atoms with Gasteiger partial charge in [0.15, 0.2) is 11.5 Å². The number of halogens is 3. The zero-order valence-electron chi connectivity index (χ0n) is 19.1. The van der Waals surface area contributed by atoms with E-state index in [0.29, 0.717) is 5.56 Å². The number of hydrogen-bond acceptors (Lipinski definition) is 8. The summed E-state index contributed by atoms with van der Waals surface area (Å²) in [5.74, 6) is -0.600. The molecule has 2 amide bonds. The number of carbonyl (C=O) groups excluding carboxylic acids is 2. The van der Waals surface area contributed by atoms with Gasteiger partial charge in [0.05, 0.1) is 11.6 Å². The van der Waals surface area contributed by atoms with Gasteiger partial charge in [-0.05, 0) is 26.0 Å². The molecule has 3 aromatic rings. The highest BCUT2D eigenvalue weighted by molar-refractivity contribution is 6.07. The number of aryl methyl sites for hydroxylation is 1. The van der Waals surface area contributed by atoms with E-state index in [4.69, 9.17) is 10.2 Å². The van der Waals surface area contributed by atoms with Crippen LogP contribution in [-0.2, 0) is 11.8 Å². The highest BCUT2D eigenvalue weighted by Crippen LogP contribution is 2.36. The second-order valence-corrected chi connectivity index (χ2v) is 8.67. The number of alkyl halides is 3. The number of nitrogens with two attached hydrogens (primary N) is 1. The van der Waals surface area contributed by atoms with Crippen LogP contribution in [0, 0.1) is 5.41 Å². The van der Waals surface area contributed by atoms with Crippen molar-refractivity contribution in [1.82, 2.24) is 19.7 Å². The van der Waals surface area contributed by atoms with Gasteiger partial charge in [-0.3, -0.25) is 19.2 Å². The largest absolute Gasteiger partial charge is 0.444 e. The van der Waals surface area contributed by atoms with Gasteiger partial charge in [0.2, 0.25) is 11.8 Å². The molecule has 186 valence electrons. The van der Waals surface area contributed by atoms with Crippen LogP contribution in [-0.4, -0.2) is 56.9 Å². The monoisotopic (exact) mass is 492 g/mol. The van der Waals surface area contributed by atoms with E-state index in [-0.39, 0.29) is 41.4 Å². The zero-order valence-corrected chi connectivity index (χ0v) is 19.1. The van der Waals surface area contributed by atoms with E-state index >= 15 is 0 Å². The van der Waals surface area contributed by atoms with Crippen LogP contribution < -0.4 is 21.3 Å². The average molecular weight is 492 g/mol. The molecule has 0 spiro atoms. The van der Waals surface area contributed by atoms with Crippen molar-refractivity contribution in [3.8, 4) is 11.5 Å². The molecule has 4 N–H and O–H groups in total. The molecular weight excluding hydrogens is 469 g/mol. The first-order valence-corrected chi connectivity index (χ1v) is 10.5. The Morgan fingerprint density at radius 1 is 1.37 bits per heavy atom. The lowest BCUT2D eigenvalue weighted by Gasteiger charge is -2.20. The van der Waals surface area contributed by atoms with Crippen molar-refractivity contribution in [2.24, 2.45) is 18.2 Å². The van der Waals surface area contributed by atoms with Gasteiger partial charge >= 0.3 is 6.18 Å². The Bertz CT molecular complexity index is 1270. The van der Waals surface area contributed by atoms with Crippen molar-refractivity contribution in [2.75, 3.05) is 28.6 Å². The van der Waals surface area contributed by atoms with Gasteiger partial charge in [-0.2, -0.15) is 18.3 Å². The van der Waals surface area contributed by atoms with Crippen LogP contribution in [0.1, 0.15) is 24.3 Å². The third-order valence-corrected chi connectivity index (χ3v) is 5.63. The summed E-state index contributed by atoms with van der Waals surface area (Å²) < 4.78 is 44.1. The zero-order chi connectivity index (χ0) is 25.5. The van der Waals surface area contributed by atoms with E-state index in [1.807, 2.05) is 0 Å². The molecule has 14 heteroatoms. The minimum atomic E-state index is -4.41. The normalized spacial score (nSPS) is 17.6. The summed E-state index contributed by atoms with van der Waals surface area (Å²) in [6.07, 6.45) is -0.458. The number of hydrogen-bond donors (Lipinski definition) is 3. The number of nitrogens with zero attached hydrogens (tertiary/aromatic N) is 5. The Morgan fingerprint density at radius 2 is 2.11 bits per heavy atom. The van der Waals surface area contributed by atoms with Crippen LogP contribution in [0.2, 0.25) is 0 Å². The van der Waals surface area contributed by atoms with Gasteiger partial charge in [0.1, 0.15) is 24.3 Å². The van der Waals surface area contributed by atoms with Gasteiger partial charge in [-0.1, -0.05) is 0 Å². The maximum absolute atomic E-state index is 12.8. The van der Waals surface area contributed by atoms with Crippen LogP contribution in [0.15, 0.2) is 35.2 Å². The van der Waals surface area contributed by atoms with Gasteiger partial charge < -0.3 is 20.8 Å². The minimum absolute atomic E-state index is 0.0152. The fraction of sp³-hybridized carbons (Fsp3) is 0.381. The lowest BCUT2D eigenvalue weighted by atomic mass is 9.88. The molecule has 1 atom stereocenters. The molecule has 3 aromatic heterocycles. The lowest BCUT2D eigenvalue weighted by Crippen LogP contribution is -2.37. The quantitative estimate of drug-likeness (QED) is 0.476. The molecule has 0 bridgehead atoms. The van der Waals surface area contributed by atoms with Crippen LogP contribution in [0.25, 0.3) is 11.5 Å². The second-order valence-electron chi connectivity index (χ2n) is 8.67. The summed E-state index contributed by atoms with van der Waals surface area (Å²) in [7, 11) is 1.65. The molecule has 0 aliphatic carbocycles. The van der Waals surface area contributed by atoms with E-state index in [0.717, 1.165) is 6.26 Å². The molecular formula is C21H23F3N8O3. The summed E-state index contributed by atoms with van der Waals surface area (Å²) in [4.78, 5) is 35.1. The van der Waals surface area contributed by atoms with Gasteiger partial charge in [-0.15, -0.1) is 0 Å². The Balaban J connectivity index is 1.51. The Labute approximate surface area is 197 Å². The number of rotatable bonds is 6. The van der Waals surface area contributed by atoms with Crippen LogP contribution in [0.4, 0.5) is 30.5 Å². The predicted octanol–water partition coefficient (Wildman–Crippen LogP) is 2.40. The summed E-state index contributed by atoms with van der Waals surface area (Å²) in [6, 6.07) is 2.40. The van der Waals surface area contributed by atoms with Crippen molar-refractivity contribution in [3.05, 3.63) is 36.5 Å². The van der Waals surface area contributed by atoms with Gasteiger partial charge in [0.25, 0.3) is 5.91 Å². The van der Waals surface area contributed by atoms with Crippen molar-refractivity contribution in [2.45, 2.75) is 26.1 Å². The third-order valence-electron chi connectivity index (χ3n) is 5.63. The summed E-state index contributed by atoms with van der Waals surface area (Å²) in [5, 5.41) is 9.14. The summed E-state index contributed by atoms with van der Waals surface area (Å²) in [5.41, 5.74) is 5.86. The second kappa shape index (κ2) is 8.69. The molecule has 1 fully saturated rings. The average Bonchev–Trinajstić information content (AvgIpc) is 3.46. The molecule has 35 heavy (non-hydrogen) atoms. The Hall–Kier alpha value is -3.94. The SMILES string of the molecule is Cn1cc(NC(=O)c2coc(-c3ccnc(NCC(F)(F)F)c3)n2)c(N2CC(N)C(C)(C)C2=O)n1. The predicted molar refractivity (Wildman–Crippen MR) is 120 cm³/mol. The van der Waals surface area contributed by atoms with E-state index in [1.165, 1.54) is 27.9 Å². The fourth-order valence-electron chi connectivity index (χ4n) is 3.51. The number of carbonyl (C=O) groups is 2. The number of oxazole rings is 1. The highest BCUT2D eigenvalue weighted by Gasteiger charge is 2.47. The molecule has 11 nitrogen and oxygen atoms in total. The molecule has 1 unspecified atom stereocenters. The number of aromatic nitrogens is 4. The Kier molecular flexibility index (Phi) is 6.00. The minimum Gasteiger partial charge on any atom is -0.444 e. The molecule has 1 aliphatic rings. The lowest BCUT2D eigenvalue weighted by molar-refractivity contribution is -0.124. The first-order valence-electron chi connectivity index (χ1n) is 10.5. The molecule has 0 saturated carbocycles. The van der Waals surface area contributed by atoms with Crippen molar-refractivity contribution in [3.63, 3.8) is 0 Å². The molecule has 4 rings (SSSR count). The maximum Gasteiger partial charge on any atom is 0.405 e. The van der Waals surface area contributed by atoms with Crippen LogP contribution in [0.5, 0.6) is 0 Å². The van der Waals surface area contributed by atoms with Crippen LogP contribution in [0.3, 0.4) is 0 Å². The number of pyridine rings is 1. The third kappa shape index (κ3) is 4.96.